The van der Waals surface area contributed by atoms with Crippen molar-refractivity contribution in [1.29, 1.82) is 0 Å². The lowest BCUT2D eigenvalue weighted by Crippen LogP contribution is -2.31. The van der Waals surface area contributed by atoms with Gasteiger partial charge in [0.2, 0.25) is 5.91 Å². The summed E-state index contributed by atoms with van der Waals surface area (Å²) in [5.74, 6) is -0.0716. The summed E-state index contributed by atoms with van der Waals surface area (Å²) in [6.07, 6.45) is 4.55. The Kier molecular flexibility index (Phi) is 6.93. The van der Waals surface area contributed by atoms with Gasteiger partial charge in [-0.1, -0.05) is 30.5 Å². The topological polar surface area (TPSA) is 61.4 Å². The van der Waals surface area contributed by atoms with E-state index in [1.807, 2.05) is 42.2 Å². The number of aryl methyl sites for hydroxylation is 1. The third-order valence-corrected chi connectivity index (χ3v) is 5.19. The highest BCUT2D eigenvalue weighted by molar-refractivity contribution is 6.31. The second-order valence-electron chi connectivity index (χ2n) is 7.14. The van der Waals surface area contributed by atoms with Crippen LogP contribution in [0, 0.1) is 6.92 Å². The largest absolute Gasteiger partial charge is 0.376 e. The number of hydrogen-bond donors (Lipinski definition) is 2. The number of nitrogens with zero attached hydrogens (tertiary/aromatic N) is 1. The van der Waals surface area contributed by atoms with Gasteiger partial charge in [0.15, 0.2) is 0 Å². The number of nitrogens with one attached hydrogen (secondary N) is 2. The van der Waals surface area contributed by atoms with Crippen molar-refractivity contribution in [3.05, 3.63) is 58.6 Å². The molecule has 28 heavy (non-hydrogen) atoms. The number of likely N-dealkylation sites (tertiary alicyclic amines) is 1. The van der Waals surface area contributed by atoms with Crippen molar-refractivity contribution in [1.82, 2.24) is 4.90 Å². The molecule has 3 rings (SSSR count). The Bertz CT molecular complexity index is 828. The molecule has 2 aromatic carbocycles. The fourth-order valence-corrected chi connectivity index (χ4v) is 3.46. The van der Waals surface area contributed by atoms with Gasteiger partial charge in [-0.25, -0.2) is 0 Å². The molecular formula is C22H26ClN3O2. The maximum Gasteiger partial charge on any atom is 0.253 e. The Morgan fingerprint density at radius 1 is 1.00 bits per heavy atom. The minimum Gasteiger partial charge on any atom is -0.376 e. The van der Waals surface area contributed by atoms with E-state index in [0.717, 1.165) is 37.2 Å². The molecule has 0 unspecified atom stereocenters. The molecule has 0 bridgehead atoms. The summed E-state index contributed by atoms with van der Waals surface area (Å²) in [7, 11) is 0. The summed E-state index contributed by atoms with van der Waals surface area (Å²) in [5.41, 5.74) is 3.14. The van der Waals surface area contributed by atoms with E-state index in [0.29, 0.717) is 16.3 Å². The van der Waals surface area contributed by atoms with Crippen molar-refractivity contribution in [2.24, 2.45) is 0 Å². The summed E-state index contributed by atoms with van der Waals surface area (Å²) < 4.78 is 0. The average molecular weight is 400 g/mol. The lowest BCUT2D eigenvalue weighted by Gasteiger charge is -2.20. The number of carbonyl (C=O) groups excluding carboxylic acids is 2. The van der Waals surface area contributed by atoms with Crippen LogP contribution in [-0.2, 0) is 4.79 Å². The molecule has 0 saturated carbocycles. The smallest absolute Gasteiger partial charge is 0.253 e. The monoisotopic (exact) mass is 399 g/mol. The number of halogens is 1. The van der Waals surface area contributed by atoms with Crippen molar-refractivity contribution >= 4 is 34.8 Å². The van der Waals surface area contributed by atoms with Gasteiger partial charge < -0.3 is 15.5 Å². The molecule has 2 amide bonds. The van der Waals surface area contributed by atoms with E-state index in [-0.39, 0.29) is 18.4 Å². The van der Waals surface area contributed by atoms with E-state index in [1.54, 1.807) is 12.1 Å². The van der Waals surface area contributed by atoms with Gasteiger partial charge in [-0.2, -0.15) is 0 Å². The van der Waals surface area contributed by atoms with E-state index < -0.39 is 0 Å². The number of benzene rings is 2. The molecule has 0 radical (unpaired) electrons. The Hall–Kier alpha value is -2.53. The zero-order valence-corrected chi connectivity index (χ0v) is 16.9. The van der Waals surface area contributed by atoms with E-state index >= 15 is 0 Å². The number of carbonyl (C=O) groups is 2. The molecule has 1 fully saturated rings. The van der Waals surface area contributed by atoms with Crippen LogP contribution >= 0.6 is 11.6 Å². The average Bonchev–Trinajstić information content (AvgIpc) is 2.98. The quantitative estimate of drug-likeness (QED) is 0.765. The van der Waals surface area contributed by atoms with Crippen LogP contribution in [0.25, 0.3) is 0 Å². The molecule has 2 N–H and O–H groups in total. The molecule has 6 heteroatoms. The normalized spacial score (nSPS) is 14.3. The Morgan fingerprint density at radius 2 is 1.68 bits per heavy atom. The number of hydrogen-bond acceptors (Lipinski definition) is 3. The van der Waals surface area contributed by atoms with Gasteiger partial charge in [0.1, 0.15) is 0 Å². The Labute approximate surface area is 171 Å². The van der Waals surface area contributed by atoms with Gasteiger partial charge in [-0.3, -0.25) is 9.59 Å². The second-order valence-corrected chi connectivity index (χ2v) is 7.58. The van der Waals surface area contributed by atoms with Crippen LogP contribution in [0.3, 0.4) is 0 Å². The van der Waals surface area contributed by atoms with Gasteiger partial charge in [0.25, 0.3) is 5.91 Å². The van der Waals surface area contributed by atoms with Crippen LogP contribution in [0.2, 0.25) is 5.02 Å². The minimum atomic E-state index is -0.157. The van der Waals surface area contributed by atoms with Gasteiger partial charge in [-0.15, -0.1) is 0 Å². The zero-order valence-electron chi connectivity index (χ0n) is 16.1. The zero-order chi connectivity index (χ0) is 19.9. The van der Waals surface area contributed by atoms with Crippen LogP contribution in [0.4, 0.5) is 11.4 Å². The molecule has 0 spiro atoms. The van der Waals surface area contributed by atoms with Crippen LogP contribution in [0.15, 0.2) is 42.5 Å². The van der Waals surface area contributed by atoms with Crippen LogP contribution < -0.4 is 10.6 Å². The van der Waals surface area contributed by atoms with E-state index in [1.165, 1.54) is 12.8 Å². The fraction of sp³-hybridized carbons (Fsp3) is 0.364. The predicted octanol–water partition coefficient (Wildman–Crippen LogP) is 4.72. The SMILES string of the molecule is Cc1ccc(Cl)cc1NC(=O)CNc1ccc(C(=O)N2CCCCCC2)cc1. The maximum absolute atomic E-state index is 12.6. The highest BCUT2D eigenvalue weighted by Gasteiger charge is 2.17. The van der Waals surface area contributed by atoms with Crippen LogP contribution in [-0.4, -0.2) is 36.3 Å². The molecule has 2 aromatic rings. The van der Waals surface area contributed by atoms with Crippen molar-refractivity contribution in [3.8, 4) is 0 Å². The summed E-state index contributed by atoms with van der Waals surface area (Å²) in [6, 6.07) is 12.7. The van der Waals surface area contributed by atoms with E-state index in [2.05, 4.69) is 10.6 Å². The number of amides is 2. The first-order valence-corrected chi connectivity index (χ1v) is 10.1. The van der Waals surface area contributed by atoms with Gasteiger partial charge in [0, 0.05) is 35.1 Å². The highest BCUT2D eigenvalue weighted by atomic mass is 35.5. The molecular weight excluding hydrogens is 374 g/mol. The standard InChI is InChI=1S/C22H26ClN3O2/c1-16-6-9-18(23)14-20(16)25-21(27)15-24-19-10-7-17(8-11-19)22(28)26-12-4-2-3-5-13-26/h6-11,14,24H,2-5,12-13,15H2,1H3,(H,25,27). The number of anilines is 2. The summed E-state index contributed by atoms with van der Waals surface area (Å²) in [4.78, 5) is 26.7. The van der Waals surface area contributed by atoms with Gasteiger partial charge in [-0.05, 0) is 61.7 Å². The minimum absolute atomic E-state index is 0.0858. The summed E-state index contributed by atoms with van der Waals surface area (Å²) >= 11 is 5.98. The third kappa shape index (κ3) is 5.49. The first-order valence-electron chi connectivity index (χ1n) is 9.72. The molecule has 1 heterocycles. The summed E-state index contributed by atoms with van der Waals surface area (Å²) in [6.45, 7) is 3.72. The second kappa shape index (κ2) is 9.60. The Morgan fingerprint density at radius 3 is 2.36 bits per heavy atom. The van der Waals surface area contributed by atoms with Crippen molar-refractivity contribution in [2.75, 3.05) is 30.3 Å². The first kappa shape index (κ1) is 20.2. The van der Waals surface area contributed by atoms with Crippen molar-refractivity contribution < 1.29 is 9.59 Å². The lowest BCUT2D eigenvalue weighted by molar-refractivity contribution is -0.114. The molecule has 0 aromatic heterocycles. The predicted molar refractivity (Wildman–Crippen MR) is 114 cm³/mol. The van der Waals surface area contributed by atoms with Crippen molar-refractivity contribution in [3.63, 3.8) is 0 Å². The van der Waals surface area contributed by atoms with Gasteiger partial charge in [0.05, 0.1) is 6.54 Å². The molecule has 0 atom stereocenters. The van der Waals surface area contributed by atoms with Crippen molar-refractivity contribution in [2.45, 2.75) is 32.6 Å². The van der Waals surface area contributed by atoms with Gasteiger partial charge >= 0.3 is 0 Å². The number of rotatable bonds is 5. The lowest BCUT2D eigenvalue weighted by atomic mass is 10.1. The molecule has 5 nitrogen and oxygen atoms in total. The maximum atomic E-state index is 12.6. The fourth-order valence-electron chi connectivity index (χ4n) is 3.29. The first-order chi connectivity index (χ1) is 13.5. The van der Waals surface area contributed by atoms with Crippen LogP contribution in [0.5, 0.6) is 0 Å². The molecule has 1 aliphatic rings. The van der Waals surface area contributed by atoms with E-state index in [9.17, 15) is 9.59 Å². The molecule has 0 aliphatic carbocycles. The third-order valence-electron chi connectivity index (χ3n) is 4.95. The van der Waals surface area contributed by atoms with Crippen LogP contribution in [0.1, 0.15) is 41.6 Å². The Balaban J connectivity index is 1.53. The highest BCUT2D eigenvalue weighted by Crippen LogP contribution is 2.20. The molecule has 1 aliphatic heterocycles. The van der Waals surface area contributed by atoms with E-state index in [4.69, 9.17) is 11.6 Å². The molecule has 1 saturated heterocycles. The summed E-state index contributed by atoms with van der Waals surface area (Å²) in [5, 5.41) is 6.52. The molecule has 148 valence electrons.